The minimum absolute atomic E-state index is 0.250. The summed E-state index contributed by atoms with van der Waals surface area (Å²) in [4.78, 5) is 0. The van der Waals surface area contributed by atoms with Gasteiger partial charge in [0.15, 0.2) is 0 Å². The minimum atomic E-state index is -0.550. The molecule has 5 nitrogen and oxygen atoms in total. The van der Waals surface area contributed by atoms with Gasteiger partial charge in [-0.15, -0.1) is 0 Å². The molecule has 5 heteroatoms. The molecule has 0 aliphatic carbocycles. The molecule has 0 heterocycles. The number of unbranched alkanes of at least 4 members (excludes halogenated alkanes) is 3. The number of nitrogens with one attached hydrogen (secondary N) is 1. The van der Waals surface area contributed by atoms with Crippen molar-refractivity contribution in [3.8, 4) is 11.5 Å². The number of aliphatic hydroxyl groups excluding tert-OH is 2. The molecule has 0 fully saturated rings. The summed E-state index contributed by atoms with van der Waals surface area (Å²) in [6, 6.07) is 18.0. The maximum absolute atomic E-state index is 10.1. The van der Waals surface area contributed by atoms with E-state index in [-0.39, 0.29) is 19.3 Å². The van der Waals surface area contributed by atoms with Crippen molar-refractivity contribution in [1.82, 2.24) is 5.32 Å². The highest BCUT2D eigenvalue weighted by atomic mass is 16.5. The van der Waals surface area contributed by atoms with Crippen LogP contribution in [0.4, 0.5) is 0 Å². The normalized spacial score (nSPS) is 13.1. The second kappa shape index (κ2) is 14.0. The highest BCUT2D eigenvalue weighted by Crippen LogP contribution is 2.14. The Labute approximate surface area is 174 Å². The van der Waals surface area contributed by atoms with Crippen LogP contribution >= 0.6 is 0 Å². The number of benzene rings is 2. The van der Waals surface area contributed by atoms with Crippen LogP contribution in [0.15, 0.2) is 54.6 Å². The smallest absolute Gasteiger partial charge is 0.119 e. The van der Waals surface area contributed by atoms with Gasteiger partial charge in [-0.2, -0.15) is 0 Å². The van der Waals surface area contributed by atoms with E-state index in [2.05, 4.69) is 24.4 Å². The van der Waals surface area contributed by atoms with Crippen LogP contribution in [0.5, 0.6) is 11.5 Å². The van der Waals surface area contributed by atoms with E-state index in [1.807, 2.05) is 42.5 Å². The van der Waals surface area contributed by atoms with Crippen molar-refractivity contribution in [2.75, 3.05) is 26.4 Å². The Balaban J connectivity index is 1.59. The van der Waals surface area contributed by atoms with Crippen LogP contribution in [0.2, 0.25) is 0 Å². The fourth-order valence-corrected chi connectivity index (χ4v) is 3.01. The number of hydrogen-bond acceptors (Lipinski definition) is 5. The SMILES string of the molecule is CC(Cc1ccc(OCCCCCCO)cc1)NCC(O)COc1ccccc1. The molecule has 2 rings (SSSR count). The molecule has 0 aliphatic heterocycles. The van der Waals surface area contributed by atoms with Crippen LogP contribution in [-0.4, -0.2) is 48.7 Å². The molecule has 0 bridgehead atoms. The molecule has 0 spiro atoms. The zero-order valence-corrected chi connectivity index (χ0v) is 17.4. The first-order valence-corrected chi connectivity index (χ1v) is 10.6. The second-order valence-corrected chi connectivity index (χ2v) is 7.42. The summed E-state index contributed by atoms with van der Waals surface area (Å²) in [6.45, 7) is 3.87. The molecule has 2 unspecified atom stereocenters. The molecule has 0 saturated carbocycles. The number of ether oxygens (including phenoxy) is 2. The van der Waals surface area contributed by atoms with E-state index in [9.17, 15) is 5.11 Å². The summed E-state index contributed by atoms with van der Waals surface area (Å²) in [7, 11) is 0. The fourth-order valence-electron chi connectivity index (χ4n) is 3.01. The van der Waals surface area contributed by atoms with Crippen LogP contribution in [0.3, 0.4) is 0 Å². The molecule has 29 heavy (non-hydrogen) atoms. The molecule has 160 valence electrons. The third-order valence-electron chi connectivity index (χ3n) is 4.67. The molecule has 2 aromatic carbocycles. The molecular weight excluding hydrogens is 366 g/mol. The average molecular weight is 402 g/mol. The molecule has 0 amide bonds. The fraction of sp³-hybridized carbons (Fsp3) is 0.500. The maximum atomic E-state index is 10.1. The number of hydrogen-bond donors (Lipinski definition) is 3. The first kappa shape index (κ1) is 23.2. The van der Waals surface area contributed by atoms with Crippen molar-refractivity contribution < 1.29 is 19.7 Å². The van der Waals surface area contributed by atoms with Gasteiger partial charge in [0.25, 0.3) is 0 Å². The lowest BCUT2D eigenvalue weighted by Gasteiger charge is -2.18. The van der Waals surface area contributed by atoms with E-state index in [1.54, 1.807) is 0 Å². The van der Waals surface area contributed by atoms with Crippen LogP contribution in [-0.2, 0) is 6.42 Å². The third kappa shape index (κ3) is 10.3. The lowest BCUT2D eigenvalue weighted by molar-refractivity contribution is 0.104. The average Bonchev–Trinajstić information content (AvgIpc) is 2.75. The van der Waals surface area contributed by atoms with Crippen LogP contribution in [0, 0.1) is 0 Å². The van der Waals surface area contributed by atoms with E-state index in [4.69, 9.17) is 14.6 Å². The van der Waals surface area contributed by atoms with Crippen molar-refractivity contribution in [2.24, 2.45) is 0 Å². The van der Waals surface area contributed by atoms with Gasteiger partial charge in [-0.05, 0) is 62.4 Å². The summed E-state index contributed by atoms with van der Waals surface area (Å²) >= 11 is 0. The van der Waals surface area contributed by atoms with Crippen molar-refractivity contribution >= 4 is 0 Å². The Bertz CT molecular complexity index is 648. The molecule has 2 aromatic rings. The Hall–Kier alpha value is -2.08. The topological polar surface area (TPSA) is 71.0 Å². The van der Waals surface area contributed by atoms with Crippen LogP contribution in [0.1, 0.15) is 38.2 Å². The maximum Gasteiger partial charge on any atom is 0.119 e. The van der Waals surface area contributed by atoms with E-state index < -0.39 is 6.10 Å². The lowest BCUT2D eigenvalue weighted by Crippen LogP contribution is -2.37. The Morgan fingerprint density at radius 3 is 2.28 bits per heavy atom. The van der Waals surface area contributed by atoms with Gasteiger partial charge < -0.3 is 25.0 Å². The van der Waals surface area contributed by atoms with Crippen LogP contribution < -0.4 is 14.8 Å². The molecule has 3 N–H and O–H groups in total. The van der Waals surface area contributed by atoms with Gasteiger partial charge in [0.05, 0.1) is 6.61 Å². The molecular formula is C24H35NO4. The number of aliphatic hydroxyl groups is 2. The lowest BCUT2D eigenvalue weighted by atomic mass is 10.1. The molecule has 2 atom stereocenters. The van der Waals surface area contributed by atoms with Gasteiger partial charge in [0, 0.05) is 19.2 Å². The molecule has 0 radical (unpaired) electrons. The van der Waals surface area contributed by atoms with E-state index in [1.165, 1.54) is 5.56 Å². The summed E-state index contributed by atoms with van der Waals surface area (Å²) in [6.07, 6.45) is 4.36. The van der Waals surface area contributed by atoms with Gasteiger partial charge in [-0.1, -0.05) is 36.8 Å². The summed E-state index contributed by atoms with van der Waals surface area (Å²) in [5, 5.41) is 22.2. The van der Waals surface area contributed by atoms with Crippen molar-refractivity contribution in [3.05, 3.63) is 60.2 Å². The quantitative estimate of drug-likeness (QED) is 0.398. The largest absolute Gasteiger partial charge is 0.494 e. The van der Waals surface area contributed by atoms with Gasteiger partial charge in [0.1, 0.15) is 24.2 Å². The van der Waals surface area contributed by atoms with Gasteiger partial charge in [-0.25, -0.2) is 0 Å². The minimum Gasteiger partial charge on any atom is -0.494 e. The van der Waals surface area contributed by atoms with Crippen molar-refractivity contribution in [2.45, 2.75) is 51.2 Å². The van der Waals surface area contributed by atoms with E-state index in [0.29, 0.717) is 13.2 Å². The first-order chi connectivity index (χ1) is 14.2. The standard InChI is InChI=1S/C24H35NO4/c1-20(25-18-22(27)19-29-23-9-5-4-6-10-23)17-21-11-13-24(14-12-21)28-16-8-3-2-7-15-26/h4-6,9-14,20,22,25-27H,2-3,7-8,15-19H2,1H3. The van der Waals surface area contributed by atoms with Gasteiger partial charge in [-0.3, -0.25) is 0 Å². The Kier molecular flexibility index (Phi) is 11.2. The Morgan fingerprint density at radius 1 is 0.862 bits per heavy atom. The van der Waals surface area contributed by atoms with Crippen molar-refractivity contribution in [1.29, 1.82) is 0 Å². The first-order valence-electron chi connectivity index (χ1n) is 10.6. The van der Waals surface area contributed by atoms with Gasteiger partial charge in [0.2, 0.25) is 0 Å². The second-order valence-electron chi connectivity index (χ2n) is 7.42. The number of rotatable bonds is 15. The zero-order valence-electron chi connectivity index (χ0n) is 17.4. The third-order valence-corrected chi connectivity index (χ3v) is 4.67. The summed E-state index contributed by atoms with van der Waals surface area (Å²) < 4.78 is 11.3. The van der Waals surface area contributed by atoms with Crippen molar-refractivity contribution in [3.63, 3.8) is 0 Å². The summed E-state index contributed by atoms with van der Waals surface area (Å²) in [5.41, 5.74) is 1.23. The molecule has 0 aromatic heterocycles. The number of para-hydroxylation sites is 1. The predicted octanol–water partition coefficient (Wildman–Crippen LogP) is 3.58. The highest BCUT2D eigenvalue weighted by molar-refractivity contribution is 5.27. The van der Waals surface area contributed by atoms with E-state index >= 15 is 0 Å². The molecule has 0 aliphatic rings. The van der Waals surface area contributed by atoms with Crippen LogP contribution in [0.25, 0.3) is 0 Å². The monoisotopic (exact) mass is 401 g/mol. The predicted molar refractivity (Wildman–Crippen MR) is 117 cm³/mol. The zero-order chi connectivity index (χ0) is 20.7. The van der Waals surface area contributed by atoms with Gasteiger partial charge >= 0.3 is 0 Å². The van der Waals surface area contributed by atoms with E-state index in [0.717, 1.165) is 43.6 Å². The Morgan fingerprint density at radius 2 is 1.55 bits per heavy atom. The highest BCUT2D eigenvalue weighted by Gasteiger charge is 2.09. The summed E-state index contributed by atoms with van der Waals surface area (Å²) in [5.74, 6) is 1.66. The molecule has 0 saturated heterocycles.